The molecule has 0 radical (unpaired) electrons. The third-order valence-electron chi connectivity index (χ3n) is 5.26. The third-order valence-corrected chi connectivity index (χ3v) is 5.26. The molecular weight excluding hydrogens is 324 g/mol. The minimum Gasteiger partial charge on any atom is -0.377 e. The van der Waals surface area contributed by atoms with E-state index in [1.54, 1.807) is 0 Å². The quantitative estimate of drug-likeness (QED) is 0.793. The minimum absolute atomic E-state index is 0.141. The minimum atomic E-state index is 0.141. The maximum absolute atomic E-state index is 13.0. The van der Waals surface area contributed by atoms with E-state index < -0.39 is 0 Å². The van der Waals surface area contributed by atoms with Crippen molar-refractivity contribution in [3.05, 3.63) is 48.0 Å². The van der Waals surface area contributed by atoms with Crippen LogP contribution in [0.1, 0.15) is 54.7 Å². The van der Waals surface area contributed by atoms with Gasteiger partial charge in [-0.25, -0.2) is 4.98 Å². The molecule has 26 heavy (non-hydrogen) atoms. The average Bonchev–Trinajstić information content (AvgIpc) is 3.14. The summed E-state index contributed by atoms with van der Waals surface area (Å²) in [7, 11) is 3.96. The summed E-state index contributed by atoms with van der Waals surface area (Å²) in [6, 6.07) is 7.86. The Balaban J connectivity index is 1.66. The Labute approximate surface area is 156 Å². The Morgan fingerprint density at radius 1 is 1.23 bits per heavy atom. The van der Waals surface area contributed by atoms with E-state index in [-0.39, 0.29) is 5.91 Å². The SMILES string of the molecule is CCCCn1ccnc1C1CCN(C(=O)c2ccccc2N(C)C)CC1. The first-order chi connectivity index (χ1) is 12.6. The lowest BCUT2D eigenvalue weighted by Crippen LogP contribution is -2.39. The Morgan fingerprint density at radius 3 is 2.65 bits per heavy atom. The second-order valence-electron chi connectivity index (χ2n) is 7.31. The van der Waals surface area contributed by atoms with Gasteiger partial charge in [0.1, 0.15) is 5.82 Å². The molecule has 1 aliphatic rings. The molecule has 1 fully saturated rings. The monoisotopic (exact) mass is 354 g/mol. The number of amides is 1. The molecule has 1 aromatic carbocycles. The van der Waals surface area contributed by atoms with Gasteiger partial charge in [-0.3, -0.25) is 4.79 Å². The van der Waals surface area contributed by atoms with E-state index in [2.05, 4.69) is 22.7 Å². The molecule has 3 rings (SSSR count). The van der Waals surface area contributed by atoms with Crippen LogP contribution in [-0.4, -0.2) is 47.5 Å². The lowest BCUT2D eigenvalue weighted by molar-refractivity contribution is 0.0711. The zero-order valence-electron chi connectivity index (χ0n) is 16.2. The smallest absolute Gasteiger partial charge is 0.255 e. The van der Waals surface area contributed by atoms with Crippen molar-refractivity contribution in [3.8, 4) is 0 Å². The maximum Gasteiger partial charge on any atom is 0.255 e. The Hall–Kier alpha value is -2.30. The van der Waals surface area contributed by atoms with Gasteiger partial charge in [0, 0.05) is 57.7 Å². The zero-order valence-corrected chi connectivity index (χ0v) is 16.2. The summed E-state index contributed by atoms with van der Waals surface area (Å²) >= 11 is 0. The molecule has 0 atom stereocenters. The van der Waals surface area contributed by atoms with Crippen LogP contribution >= 0.6 is 0 Å². The van der Waals surface area contributed by atoms with Crippen LogP contribution in [0.2, 0.25) is 0 Å². The van der Waals surface area contributed by atoms with Crippen molar-refractivity contribution in [2.45, 2.75) is 45.1 Å². The first-order valence-corrected chi connectivity index (χ1v) is 9.68. The van der Waals surface area contributed by atoms with Crippen LogP contribution in [0, 0.1) is 0 Å². The molecule has 1 aliphatic heterocycles. The summed E-state index contributed by atoms with van der Waals surface area (Å²) in [6.07, 6.45) is 8.35. The van der Waals surface area contributed by atoms with Crippen molar-refractivity contribution in [3.63, 3.8) is 0 Å². The molecule has 1 aromatic heterocycles. The van der Waals surface area contributed by atoms with Gasteiger partial charge in [0.2, 0.25) is 0 Å². The number of rotatable bonds is 6. The van der Waals surface area contributed by atoms with E-state index in [4.69, 9.17) is 0 Å². The number of benzene rings is 1. The summed E-state index contributed by atoms with van der Waals surface area (Å²) < 4.78 is 2.30. The maximum atomic E-state index is 13.0. The topological polar surface area (TPSA) is 41.4 Å². The molecule has 5 heteroatoms. The van der Waals surface area contributed by atoms with E-state index in [1.807, 2.05) is 54.4 Å². The number of imidazole rings is 1. The van der Waals surface area contributed by atoms with Crippen molar-refractivity contribution in [2.24, 2.45) is 0 Å². The van der Waals surface area contributed by atoms with Crippen LogP contribution < -0.4 is 4.90 Å². The van der Waals surface area contributed by atoms with E-state index in [0.29, 0.717) is 5.92 Å². The van der Waals surface area contributed by atoms with Crippen molar-refractivity contribution in [1.82, 2.24) is 14.5 Å². The standard InChI is InChI=1S/C21H30N4O/c1-4-5-13-24-16-12-22-20(24)17-10-14-25(15-11-17)21(26)18-8-6-7-9-19(18)23(2)3/h6-9,12,16-17H,4-5,10-11,13-15H2,1-3H3. The van der Waals surface area contributed by atoms with Crippen LogP contribution in [0.25, 0.3) is 0 Å². The number of nitrogens with zero attached hydrogens (tertiary/aromatic N) is 4. The molecule has 0 saturated carbocycles. The van der Waals surface area contributed by atoms with Crippen LogP contribution in [-0.2, 0) is 6.54 Å². The molecule has 1 amide bonds. The lowest BCUT2D eigenvalue weighted by Gasteiger charge is -2.33. The predicted octanol–water partition coefficient (Wildman–Crippen LogP) is 3.77. The lowest BCUT2D eigenvalue weighted by atomic mass is 9.95. The molecule has 2 heterocycles. The molecule has 1 saturated heterocycles. The molecule has 5 nitrogen and oxygen atoms in total. The van der Waals surface area contributed by atoms with Crippen LogP contribution in [0.15, 0.2) is 36.7 Å². The Kier molecular flexibility index (Phi) is 5.96. The first kappa shape index (κ1) is 18.5. The summed E-state index contributed by atoms with van der Waals surface area (Å²) in [5.41, 5.74) is 1.77. The fourth-order valence-corrected chi connectivity index (χ4v) is 3.75. The fourth-order valence-electron chi connectivity index (χ4n) is 3.75. The van der Waals surface area contributed by atoms with E-state index in [9.17, 15) is 4.79 Å². The Bertz CT molecular complexity index is 729. The van der Waals surface area contributed by atoms with Gasteiger partial charge >= 0.3 is 0 Å². The average molecular weight is 354 g/mol. The summed E-state index contributed by atoms with van der Waals surface area (Å²) in [5.74, 6) is 1.79. The highest BCUT2D eigenvalue weighted by Crippen LogP contribution is 2.29. The van der Waals surface area contributed by atoms with Crippen molar-refractivity contribution in [1.29, 1.82) is 0 Å². The Morgan fingerprint density at radius 2 is 1.96 bits per heavy atom. The van der Waals surface area contributed by atoms with Gasteiger partial charge < -0.3 is 14.4 Å². The summed E-state index contributed by atoms with van der Waals surface area (Å²) in [5, 5.41) is 0. The molecule has 0 unspecified atom stereocenters. The fraction of sp³-hybridized carbons (Fsp3) is 0.524. The number of likely N-dealkylation sites (tertiary alicyclic amines) is 1. The predicted molar refractivity (Wildman–Crippen MR) is 106 cm³/mol. The van der Waals surface area contributed by atoms with Gasteiger partial charge in [-0.15, -0.1) is 0 Å². The van der Waals surface area contributed by atoms with Gasteiger partial charge in [0.15, 0.2) is 0 Å². The molecule has 2 aromatic rings. The first-order valence-electron chi connectivity index (χ1n) is 9.68. The number of piperidine rings is 1. The normalized spacial score (nSPS) is 15.3. The van der Waals surface area contributed by atoms with E-state index in [1.165, 1.54) is 18.7 Å². The highest BCUT2D eigenvalue weighted by atomic mass is 16.2. The van der Waals surface area contributed by atoms with Crippen LogP contribution in [0.4, 0.5) is 5.69 Å². The second-order valence-corrected chi connectivity index (χ2v) is 7.31. The van der Waals surface area contributed by atoms with Gasteiger partial charge in [-0.2, -0.15) is 0 Å². The van der Waals surface area contributed by atoms with Gasteiger partial charge in [-0.05, 0) is 31.4 Å². The van der Waals surface area contributed by atoms with E-state index >= 15 is 0 Å². The molecule has 140 valence electrons. The second kappa shape index (κ2) is 8.39. The highest BCUT2D eigenvalue weighted by molar-refractivity contribution is 5.99. The number of aromatic nitrogens is 2. The van der Waals surface area contributed by atoms with Gasteiger partial charge in [0.05, 0.1) is 5.56 Å². The number of aryl methyl sites for hydroxylation is 1. The van der Waals surface area contributed by atoms with E-state index in [0.717, 1.165) is 43.7 Å². The number of carbonyl (C=O) groups is 1. The number of carbonyl (C=O) groups excluding carboxylic acids is 1. The zero-order chi connectivity index (χ0) is 18.5. The van der Waals surface area contributed by atoms with Crippen molar-refractivity contribution >= 4 is 11.6 Å². The molecule has 0 aliphatic carbocycles. The number of hydrogen-bond donors (Lipinski definition) is 0. The molecule has 0 N–H and O–H groups in total. The van der Waals surface area contributed by atoms with Crippen LogP contribution in [0.5, 0.6) is 0 Å². The molecular formula is C21H30N4O. The van der Waals surface area contributed by atoms with Crippen LogP contribution in [0.3, 0.4) is 0 Å². The number of unbranched alkanes of at least 4 members (excludes halogenated alkanes) is 1. The van der Waals surface area contributed by atoms with Crippen molar-refractivity contribution in [2.75, 3.05) is 32.1 Å². The largest absolute Gasteiger partial charge is 0.377 e. The molecule has 0 bridgehead atoms. The summed E-state index contributed by atoms with van der Waals surface area (Å²) in [4.78, 5) is 21.6. The van der Waals surface area contributed by atoms with Crippen molar-refractivity contribution < 1.29 is 4.79 Å². The third kappa shape index (κ3) is 3.92. The summed E-state index contributed by atoms with van der Waals surface area (Å²) in [6.45, 7) is 4.85. The molecule has 0 spiro atoms. The highest BCUT2D eigenvalue weighted by Gasteiger charge is 2.28. The number of para-hydroxylation sites is 1. The number of anilines is 1. The number of hydrogen-bond acceptors (Lipinski definition) is 3. The van der Waals surface area contributed by atoms with Gasteiger partial charge in [0.25, 0.3) is 5.91 Å². The van der Waals surface area contributed by atoms with Gasteiger partial charge in [-0.1, -0.05) is 25.5 Å².